The van der Waals surface area contributed by atoms with Crippen molar-refractivity contribution in [2.45, 2.75) is 26.7 Å². The van der Waals surface area contributed by atoms with E-state index in [4.69, 9.17) is 13.2 Å². The van der Waals surface area contributed by atoms with Gasteiger partial charge < -0.3 is 0 Å². The lowest BCUT2D eigenvalue weighted by molar-refractivity contribution is 1.17. The monoisotopic (exact) mass is 709 g/mol. The number of aromatic nitrogens is 2. The maximum absolute atomic E-state index is 4.81. The summed E-state index contributed by atoms with van der Waals surface area (Å²) < 4.78 is 0. The van der Waals surface area contributed by atoms with E-state index in [1.165, 1.54) is 60.9 Å². The molecule has 0 saturated heterocycles. The van der Waals surface area contributed by atoms with E-state index in [9.17, 15) is 0 Å². The zero-order chi connectivity index (χ0) is 37.7. The Bertz CT molecular complexity index is 2560. The van der Waals surface area contributed by atoms with E-state index in [1.807, 2.05) is 48.9 Å². The van der Waals surface area contributed by atoms with Crippen LogP contribution in [0, 0.1) is 0 Å². The van der Waals surface area contributed by atoms with Crippen LogP contribution in [0.5, 0.6) is 0 Å². The maximum atomic E-state index is 4.81. The second kappa shape index (κ2) is 15.6. The highest BCUT2D eigenvalue weighted by molar-refractivity contribution is 6.22. The number of anilines is 3. The van der Waals surface area contributed by atoms with Crippen molar-refractivity contribution >= 4 is 50.3 Å². The van der Waals surface area contributed by atoms with E-state index < -0.39 is 0 Å². The van der Waals surface area contributed by atoms with Crippen LogP contribution in [0.4, 0.5) is 17.2 Å². The van der Waals surface area contributed by atoms with Crippen molar-refractivity contribution in [1.29, 1.82) is 0 Å². The molecule has 8 rings (SSSR count). The number of fused-ring (bicyclic) bond motifs is 4. The van der Waals surface area contributed by atoms with Gasteiger partial charge in [-0.3, -0.25) is 9.88 Å². The number of hydrogen-bond donors (Lipinski definition) is 0. The fraction of sp³-hybridized carbons (Fsp3) is 0.0769. The van der Waals surface area contributed by atoms with Gasteiger partial charge in [-0.25, -0.2) is 4.98 Å². The molecule has 0 atom stereocenters. The topological polar surface area (TPSA) is 29.0 Å². The first kappa shape index (κ1) is 35.2. The Labute approximate surface area is 324 Å². The maximum Gasteiger partial charge on any atom is 0.137 e. The van der Waals surface area contributed by atoms with Crippen molar-refractivity contribution in [3.63, 3.8) is 0 Å². The van der Waals surface area contributed by atoms with Crippen LogP contribution in [0.3, 0.4) is 0 Å². The van der Waals surface area contributed by atoms with Crippen LogP contribution in [-0.4, -0.2) is 9.97 Å². The molecule has 0 saturated carbocycles. The van der Waals surface area contributed by atoms with Gasteiger partial charge in [0, 0.05) is 24.3 Å². The highest BCUT2D eigenvalue weighted by atomic mass is 15.2. The molecule has 266 valence electrons. The van der Waals surface area contributed by atoms with E-state index in [1.54, 1.807) is 0 Å². The fourth-order valence-electron chi connectivity index (χ4n) is 7.97. The number of benzene rings is 4. The van der Waals surface area contributed by atoms with Gasteiger partial charge in [0.1, 0.15) is 5.82 Å². The first-order valence-electron chi connectivity index (χ1n) is 19.0. The smallest absolute Gasteiger partial charge is 0.137 e. The molecule has 0 amide bonds. The van der Waals surface area contributed by atoms with Crippen LogP contribution in [-0.2, 0) is 0 Å². The Morgan fingerprint density at radius 2 is 1.47 bits per heavy atom. The first-order chi connectivity index (χ1) is 27.1. The van der Waals surface area contributed by atoms with Gasteiger partial charge >= 0.3 is 0 Å². The van der Waals surface area contributed by atoms with E-state index in [0.29, 0.717) is 0 Å². The van der Waals surface area contributed by atoms with Crippen LogP contribution >= 0.6 is 0 Å². The summed E-state index contributed by atoms with van der Waals surface area (Å²) in [6.45, 7) is 13.8. The van der Waals surface area contributed by atoms with Crippen molar-refractivity contribution < 1.29 is 0 Å². The van der Waals surface area contributed by atoms with E-state index in [2.05, 4.69) is 156 Å². The average Bonchev–Trinajstić information content (AvgIpc) is 3.39. The lowest BCUT2D eigenvalue weighted by Crippen LogP contribution is -2.11. The van der Waals surface area contributed by atoms with Crippen LogP contribution in [0.15, 0.2) is 201 Å². The lowest BCUT2D eigenvalue weighted by atomic mass is 9.83. The van der Waals surface area contributed by atoms with E-state index >= 15 is 0 Å². The van der Waals surface area contributed by atoms with Crippen LogP contribution in [0.2, 0.25) is 0 Å². The quantitative estimate of drug-likeness (QED) is 0.133. The zero-order valence-corrected chi connectivity index (χ0v) is 31.4. The van der Waals surface area contributed by atoms with Gasteiger partial charge in [-0.1, -0.05) is 141 Å². The number of hydrogen-bond acceptors (Lipinski definition) is 3. The molecule has 0 spiro atoms. The minimum absolute atomic E-state index is 0.760. The summed E-state index contributed by atoms with van der Waals surface area (Å²) in [5.74, 6) is 0.838. The Hall–Kier alpha value is -6.84. The summed E-state index contributed by atoms with van der Waals surface area (Å²) in [6, 6.07) is 38.3. The van der Waals surface area contributed by atoms with Gasteiger partial charge in [0.05, 0.1) is 5.69 Å². The number of nitrogens with zero attached hydrogens (tertiary/aromatic N) is 3. The molecule has 3 nitrogen and oxygen atoms in total. The van der Waals surface area contributed by atoms with Crippen LogP contribution < -0.4 is 4.90 Å². The Kier molecular flexibility index (Phi) is 10.0. The summed E-state index contributed by atoms with van der Waals surface area (Å²) in [6.07, 6.45) is 24.8. The summed E-state index contributed by atoms with van der Waals surface area (Å²) in [5.41, 5.74) is 16.1. The minimum Gasteiger partial charge on any atom is -0.295 e. The normalized spacial score (nSPS) is 14.4. The fourth-order valence-corrected chi connectivity index (χ4v) is 7.97. The van der Waals surface area contributed by atoms with Gasteiger partial charge in [0.15, 0.2) is 0 Å². The molecule has 0 fully saturated rings. The predicted molar refractivity (Wildman–Crippen MR) is 235 cm³/mol. The SMILES string of the molecule is C=C(C1=C2C(=CC=CC1)c1c(c(-c3ccccc3)c3ccccc3c1C(=C)/C=C\C=C/CC)/C2=C/C)c1ccc(N(c2ccncc2)c2ccccn2)cc1. The third kappa shape index (κ3) is 6.55. The minimum atomic E-state index is 0.760. The molecule has 4 aromatic carbocycles. The molecule has 55 heavy (non-hydrogen) atoms. The van der Waals surface area contributed by atoms with Crippen LogP contribution in [0.25, 0.3) is 44.2 Å². The van der Waals surface area contributed by atoms with Gasteiger partial charge in [0.25, 0.3) is 0 Å². The third-order valence-corrected chi connectivity index (χ3v) is 10.4. The molecular weight excluding hydrogens is 667 g/mol. The number of rotatable bonds is 10. The first-order valence-corrected chi connectivity index (χ1v) is 19.0. The molecule has 0 bridgehead atoms. The summed E-state index contributed by atoms with van der Waals surface area (Å²) >= 11 is 0. The highest BCUT2D eigenvalue weighted by Crippen LogP contribution is 2.57. The van der Waals surface area contributed by atoms with Crippen LogP contribution in [0.1, 0.15) is 48.9 Å². The van der Waals surface area contributed by atoms with Crippen molar-refractivity contribution in [3.8, 4) is 11.1 Å². The summed E-state index contributed by atoms with van der Waals surface area (Å²) in [7, 11) is 0. The van der Waals surface area contributed by atoms with Crippen molar-refractivity contribution in [1.82, 2.24) is 9.97 Å². The molecule has 2 aliphatic rings. The van der Waals surface area contributed by atoms with Gasteiger partial charge in [-0.2, -0.15) is 0 Å². The third-order valence-electron chi connectivity index (χ3n) is 10.4. The van der Waals surface area contributed by atoms with E-state index in [0.717, 1.165) is 46.7 Å². The van der Waals surface area contributed by atoms with Crippen molar-refractivity contribution in [3.05, 3.63) is 223 Å². The summed E-state index contributed by atoms with van der Waals surface area (Å²) in [5, 5.41) is 2.42. The summed E-state index contributed by atoms with van der Waals surface area (Å²) in [4.78, 5) is 11.1. The number of pyridine rings is 2. The van der Waals surface area contributed by atoms with Crippen molar-refractivity contribution in [2.24, 2.45) is 0 Å². The molecular formula is C52H43N3. The Morgan fingerprint density at radius 1 is 0.745 bits per heavy atom. The molecule has 0 radical (unpaired) electrons. The molecule has 0 N–H and O–H groups in total. The van der Waals surface area contributed by atoms with E-state index in [-0.39, 0.29) is 0 Å². The standard InChI is InChI=1S/C52H43N3/c1-5-7-8-10-19-36(3)48-44-23-14-15-24-45(44)49(39-20-11-9-12-21-39)51-42(6-2)50-43(22-13-16-25-46(50)52(48)51)37(4)38-27-29-40(30-28-38)55(41-31-34-53-35-32-41)47-26-17-18-33-54-47/h6-21,23-35H,3-5,22H2,1-2H3/b8-7-,19-10-,42-6+. The lowest BCUT2D eigenvalue weighted by Gasteiger charge is -2.24. The molecule has 6 aromatic rings. The molecule has 2 aromatic heterocycles. The van der Waals surface area contributed by atoms with Crippen molar-refractivity contribution in [2.75, 3.05) is 4.90 Å². The highest BCUT2D eigenvalue weighted by Gasteiger charge is 2.36. The average molecular weight is 710 g/mol. The Morgan fingerprint density at radius 3 is 2.20 bits per heavy atom. The molecule has 0 unspecified atom stereocenters. The molecule has 2 aliphatic carbocycles. The molecule has 0 aliphatic heterocycles. The second-order valence-electron chi connectivity index (χ2n) is 13.7. The second-order valence-corrected chi connectivity index (χ2v) is 13.7. The van der Waals surface area contributed by atoms with Gasteiger partial charge in [-0.15, -0.1) is 0 Å². The molecule has 3 heteroatoms. The zero-order valence-electron chi connectivity index (χ0n) is 31.4. The van der Waals surface area contributed by atoms with Gasteiger partial charge in [-0.05, 0) is 134 Å². The Balaban J connectivity index is 1.31. The largest absolute Gasteiger partial charge is 0.295 e. The molecule has 2 heterocycles. The van der Waals surface area contributed by atoms with Gasteiger partial charge in [0.2, 0.25) is 0 Å². The number of allylic oxidation sites excluding steroid dienone is 14. The predicted octanol–water partition coefficient (Wildman–Crippen LogP) is 14.1.